The predicted molar refractivity (Wildman–Crippen MR) is 91.0 cm³/mol. The average molecular weight is 308 g/mol. The Kier molecular flexibility index (Phi) is 4.28. The quantitative estimate of drug-likeness (QED) is 0.913. The molecular formula is C17H29N3S. The Balaban J connectivity index is 1.71. The van der Waals surface area contributed by atoms with Crippen molar-refractivity contribution in [2.75, 3.05) is 18.0 Å². The van der Waals surface area contributed by atoms with Gasteiger partial charge in [-0.3, -0.25) is 0 Å². The molecule has 0 spiro atoms. The Morgan fingerprint density at radius 1 is 1.33 bits per heavy atom. The van der Waals surface area contributed by atoms with Crippen molar-refractivity contribution in [1.29, 1.82) is 0 Å². The van der Waals surface area contributed by atoms with Gasteiger partial charge in [0.25, 0.3) is 0 Å². The highest BCUT2D eigenvalue weighted by atomic mass is 32.1. The summed E-state index contributed by atoms with van der Waals surface area (Å²) in [4.78, 5) is 8.80. The zero-order chi connectivity index (χ0) is 15.0. The van der Waals surface area contributed by atoms with Crippen molar-refractivity contribution in [2.45, 2.75) is 65.3 Å². The number of fused-ring (bicyclic) bond motifs is 1. The molecule has 1 aliphatic carbocycles. The lowest BCUT2D eigenvalue weighted by atomic mass is 9.77. The van der Waals surface area contributed by atoms with Gasteiger partial charge in [-0.15, -0.1) is 0 Å². The Labute approximate surface area is 132 Å². The first kappa shape index (κ1) is 15.3. The van der Waals surface area contributed by atoms with Gasteiger partial charge in [0, 0.05) is 24.0 Å². The maximum absolute atomic E-state index is 6.38. The van der Waals surface area contributed by atoms with E-state index in [9.17, 15) is 0 Å². The van der Waals surface area contributed by atoms with Crippen LogP contribution >= 0.6 is 11.3 Å². The van der Waals surface area contributed by atoms with Crippen molar-refractivity contribution in [3.05, 3.63) is 10.6 Å². The molecule has 21 heavy (non-hydrogen) atoms. The number of nitrogens with zero attached hydrogens (tertiary/aromatic N) is 2. The lowest BCUT2D eigenvalue weighted by Crippen LogP contribution is -2.33. The summed E-state index contributed by atoms with van der Waals surface area (Å²) in [6.45, 7) is 9.27. The molecule has 1 aromatic rings. The van der Waals surface area contributed by atoms with E-state index in [4.69, 9.17) is 10.7 Å². The smallest absolute Gasteiger partial charge is 0.185 e. The number of rotatable bonds is 3. The summed E-state index contributed by atoms with van der Waals surface area (Å²) in [5, 5.41) is 1.23. The highest BCUT2D eigenvalue weighted by Crippen LogP contribution is 2.44. The van der Waals surface area contributed by atoms with Crippen LogP contribution in [0.25, 0.3) is 0 Å². The van der Waals surface area contributed by atoms with Gasteiger partial charge in [0.15, 0.2) is 5.13 Å². The fourth-order valence-corrected chi connectivity index (χ4v) is 5.07. The van der Waals surface area contributed by atoms with Gasteiger partial charge in [-0.25, -0.2) is 4.98 Å². The van der Waals surface area contributed by atoms with Crippen LogP contribution in [0.3, 0.4) is 0 Å². The second kappa shape index (κ2) is 5.88. The number of aromatic nitrogens is 1. The summed E-state index contributed by atoms with van der Waals surface area (Å²) < 4.78 is 0. The molecule has 1 saturated heterocycles. The molecule has 3 nitrogen and oxygen atoms in total. The number of piperidine rings is 1. The summed E-state index contributed by atoms with van der Waals surface area (Å²) in [5.74, 6) is 0.932. The predicted octanol–water partition coefficient (Wildman–Crippen LogP) is 4.13. The van der Waals surface area contributed by atoms with E-state index >= 15 is 0 Å². The third kappa shape index (κ3) is 3.26. The topological polar surface area (TPSA) is 42.2 Å². The fraction of sp³-hybridized carbons (Fsp3) is 0.824. The molecule has 0 saturated carbocycles. The largest absolute Gasteiger partial charge is 0.348 e. The second-order valence-corrected chi connectivity index (χ2v) is 8.69. The van der Waals surface area contributed by atoms with E-state index in [1.54, 1.807) is 0 Å². The SMILES string of the molecule is CCCC1CCN(c2nc3c(s2)C(N)CC(C)(C)C3)CC1. The van der Waals surface area contributed by atoms with E-state index in [2.05, 4.69) is 25.7 Å². The molecule has 4 heteroatoms. The number of anilines is 1. The fourth-order valence-electron chi connectivity index (χ4n) is 3.94. The summed E-state index contributed by atoms with van der Waals surface area (Å²) in [6.07, 6.45) is 7.53. The molecule has 118 valence electrons. The molecule has 3 rings (SSSR count). The average Bonchev–Trinajstić information content (AvgIpc) is 2.82. The van der Waals surface area contributed by atoms with Gasteiger partial charge in [0.05, 0.1) is 5.69 Å². The first-order chi connectivity index (χ1) is 9.98. The molecular weight excluding hydrogens is 278 g/mol. The van der Waals surface area contributed by atoms with Crippen LogP contribution < -0.4 is 10.6 Å². The minimum absolute atomic E-state index is 0.188. The molecule has 2 aliphatic rings. The highest BCUT2D eigenvalue weighted by Gasteiger charge is 2.34. The lowest BCUT2D eigenvalue weighted by Gasteiger charge is -2.32. The van der Waals surface area contributed by atoms with Crippen LogP contribution in [0.2, 0.25) is 0 Å². The van der Waals surface area contributed by atoms with Crippen molar-refractivity contribution in [2.24, 2.45) is 17.1 Å². The highest BCUT2D eigenvalue weighted by molar-refractivity contribution is 7.15. The molecule has 0 radical (unpaired) electrons. The van der Waals surface area contributed by atoms with Crippen LogP contribution in [0.15, 0.2) is 0 Å². The van der Waals surface area contributed by atoms with Crippen molar-refractivity contribution in [3.63, 3.8) is 0 Å². The van der Waals surface area contributed by atoms with Crippen molar-refractivity contribution >= 4 is 16.5 Å². The summed E-state index contributed by atoms with van der Waals surface area (Å²) in [7, 11) is 0. The minimum atomic E-state index is 0.188. The molecule has 0 bridgehead atoms. The van der Waals surface area contributed by atoms with Gasteiger partial charge in [-0.05, 0) is 37.0 Å². The Morgan fingerprint density at radius 3 is 2.71 bits per heavy atom. The molecule has 1 aromatic heterocycles. The zero-order valence-electron chi connectivity index (χ0n) is 13.7. The molecule has 2 heterocycles. The molecule has 1 fully saturated rings. The van der Waals surface area contributed by atoms with Gasteiger partial charge in [-0.1, -0.05) is 44.9 Å². The first-order valence-corrected chi connectivity index (χ1v) is 9.30. The van der Waals surface area contributed by atoms with E-state index in [1.165, 1.54) is 54.5 Å². The van der Waals surface area contributed by atoms with Gasteiger partial charge in [-0.2, -0.15) is 0 Å². The summed E-state index contributed by atoms with van der Waals surface area (Å²) in [5.41, 5.74) is 7.95. The van der Waals surface area contributed by atoms with Crippen LogP contribution in [0.5, 0.6) is 0 Å². The summed E-state index contributed by atoms with van der Waals surface area (Å²) >= 11 is 1.86. The van der Waals surface area contributed by atoms with E-state index < -0.39 is 0 Å². The molecule has 1 aliphatic heterocycles. The van der Waals surface area contributed by atoms with Crippen molar-refractivity contribution in [3.8, 4) is 0 Å². The van der Waals surface area contributed by atoms with E-state index in [1.807, 2.05) is 11.3 Å². The van der Waals surface area contributed by atoms with Crippen LogP contribution in [-0.2, 0) is 6.42 Å². The van der Waals surface area contributed by atoms with Crippen LogP contribution in [0.4, 0.5) is 5.13 Å². The van der Waals surface area contributed by atoms with Crippen molar-refractivity contribution in [1.82, 2.24) is 4.98 Å². The first-order valence-electron chi connectivity index (χ1n) is 8.48. The Bertz CT molecular complexity index is 486. The minimum Gasteiger partial charge on any atom is -0.348 e. The van der Waals surface area contributed by atoms with Gasteiger partial charge >= 0.3 is 0 Å². The van der Waals surface area contributed by atoms with Crippen molar-refractivity contribution < 1.29 is 0 Å². The summed E-state index contributed by atoms with van der Waals surface area (Å²) in [6, 6.07) is 0.188. The van der Waals surface area contributed by atoms with E-state index in [-0.39, 0.29) is 6.04 Å². The number of nitrogens with two attached hydrogens (primary N) is 1. The zero-order valence-corrected chi connectivity index (χ0v) is 14.5. The maximum atomic E-state index is 6.38. The second-order valence-electron chi connectivity index (χ2n) is 7.68. The third-order valence-corrected chi connectivity index (χ3v) is 6.34. The van der Waals surface area contributed by atoms with Crippen LogP contribution in [-0.4, -0.2) is 18.1 Å². The lowest BCUT2D eigenvalue weighted by molar-refractivity contribution is 0.282. The monoisotopic (exact) mass is 307 g/mol. The van der Waals surface area contributed by atoms with Gasteiger partial charge < -0.3 is 10.6 Å². The Morgan fingerprint density at radius 2 is 2.05 bits per heavy atom. The maximum Gasteiger partial charge on any atom is 0.185 e. The van der Waals surface area contributed by atoms with Gasteiger partial charge in [0.1, 0.15) is 0 Å². The molecule has 0 amide bonds. The number of thiazole rings is 1. The number of hydrogen-bond acceptors (Lipinski definition) is 4. The molecule has 2 N–H and O–H groups in total. The molecule has 1 unspecified atom stereocenters. The standard InChI is InChI=1S/C17H29N3S/c1-4-5-12-6-8-20(9-7-12)16-19-14-11-17(2,3)10-13(18)15(14)21-16/h12-13H,4-11,18H2,1-3H3. The van der Waals surface area contributed by atoms with Gasteiger partial charge in [0.2, 0.25) is 0 Å². The third-order valence-electron chi connectivity index (χ3n) is 5.05. The van der Waals surface area contributed by atoms with Crippen LogP contribution in [0.1, 0.15) is 69.5 Å². The molecule has 1 atom stereocenters. The van der Waals surface area contributed by atoms with E-state index in [0.717, 1.165) is 18.8 Å². The molecule has 0 aromatic carbocycles. The number of hydrogen-bond donors (Lipinski definition) is 1. The normalized spacial score (nSPS) is 25.9. The van der Waals surface area contributed by atoms with E-state index in [0.29, 0.717) is 5.41 Å². The van der Waals surface area contributed by atoms with Crippen LogP contribution in [0, 0.1) is 11.3 Å². The Hall–Kier alpha value is -0.610.